The van der Waals surface area contributed by atoms with Crippen LogP contribution in [0.3, 0.4) is 0 Å². The fraction of sp³-hybridized carbons (Fsp3) is 0.167. The molecule has 94 valence electrons. The van der Waals surface area contributed by atoms with Crippen LogP contribution in [0.2, 0.25) is 0 Å². The molecule has 1 aromatic carbocycles. The molecule has 1 aromatic heterocycles. The predicted octanol–water partition coefficient (Wildman–Crippen LogP) is 2.98. The van der Waals surface area contributed by atoms with Gasteiger partial charge in [0.05, 0.1) is 5.69 Å². The van der Waals surface area contributed by atoms with Crippen molar-refractivity contribution in [1.82, 2.24) is 9.78 Å². The van der Waals surface area contributed by atoms with E-state index in [0.717, 1.165) is 4.47 Å². The summed E-state index contributed by atoms with van der Waals surface area (Å²) < 4.78 is 7.92. The van der Waals surface area contributed by atoms with E-state index in [-0.39, 0.29) is 11.4 Å². The van der Waals surface area contributed by atoms with Gasteiger partial charge in [0, 0.05) is 11.5 Å². The molecule has 0 saturated carbocycles. The maximum Gasteiger partial charge on any atom is 0.343 e. The minimum absolute atomic E-state index is 0.0837. The number of carboxylic acid groups (broad SMARTS) is 1. The predicted molar refractivity (Wildman–Crippen MR) is 69.1 cm³/mol. The van der Waals surface area contributed by atoms with Crippen molar-refractivity contribution in [1.29, 1.82) is 0 Å². The molecule has 0 aliphatic rings. The number of hydrogen-bond acceptors (Lipinski definition) is 3. The van der Waals surface area contributed by atoms with Crippen LogP contribution in [-0.4, -0.2) is 20.9 Å². The Morgan fingerprint density at radius 2 is 2.00 bits per heavy atom. The fourth-order valence-corrected chi connectivity index (χ4v) is 1.88. The maximum absolute atomic E-state index is 11.2. The minimum atomic E-state index is -1.05. The first-order chi connectivity index (χ1) is 8.49. The van der Waals surface area contributed by atoms with Gasteiger partial charge in [0.1, 0.15) is 11.3 Å². The molecule has 2 rings (SSSR count). The monoisotopic (exact) mass is 310 g/mol. The Morgan fingerprint density at radius 3 is 2.56 bits per heavy atom. The summed E-state index contributed by atoms with van der Waals surface area (Å²) in [6, 6.07) is 7.13. The lowest BCUT2D eigenvalue weighted by molar-refractivity contribution is 0.0693. The molecule has 0 bridgehead atoms. The van der Waals surface area contributed by atoms with Gasteiger partial charge in [-0.3, -0.25) is 0 Å². The van der Waals surface area contributed by atoms with E-state index in [0.29, 0.717) is 11.4 Å². The molecule has 5 nitrogen and oxygen atoms in total. The summed E-state index contributed by atoms with van der Waals surface area (Å²) in [5, 5.41) is 13.2. The Hall–Kier alpha value is -1.82. The van der Waals surface area contributed by atoms with Crippen molar-refractivity contribution < 1.29 is 14.6 Å². The first-order valence-electron chi connectivity index (χ1n) is 5.19. The number of ether oxygens (including phenoxy) is 1. The minimum Gasteiger partial charge on any atom is -0.477 e. The van der Waals surface area contributed by atoms with Crippen LogP contribution in [0.5, 0.6) is 11.6 Å². The lowest BCUT2D eigenvalue weighted by Crippen LogP contribution is -2.01. The Balaban J connectivity index is 2.39. The number of hydrogen-bond donors (Lipinski definition) is 1. The van der Waals surface area contributed by atoms with E-state index in [1.807, 2.05) is 12.1 Å². The number of halogens is 1. The number of benzene rings is 1. The molecule has 2 aromatic rings. The van der Waals surface area contributed by atoms with E-state index >= 15 is 0 Å². The van der Waals surface area contributed by atoms with Gasteiger partial charge in [-0.05, 0) is 31.2 Å². The standard InChI is InChI=1S/C12H11BrN2O3/c1-7-10(12(16)17)11(15(2)14-7)18-9-5-3-8(13)4-6-9/h3-6H,1-2H3,(H,16,17). The second-order valence-corrected chi connectivity index (χ2v) is 4.67. The van der Waals surface area contributed by atoms with Crippen LogP contribution in [0.15, 0.2) is 28.7 Å². The van der Waals surface area contributed by atoms with Crippen molar-refractivity contribution in [3.05, 3.63) is 40.0 Å². The van der Waals surface area contributed by atoms with Crippen LogP contribution in [0.1, 0.15) is 16.1 Å². The van der Waals surface area contributed by atoms with E-state index in [1.54, 1.807) is 26.1 Å². The summed E-state index contributed by atoms with van der Waals surface area (Å²) in [5.74, 6) is -0.265. The number of rotatable bonds is 3. The highest BCUT2D eigenvalue weighted by atomic mass is 79.9. The zero-order valence-corrected chi connectivity index (χ0v) is 11.4. The Kier molecular flexibility index (Phi) is 3.38. The summed E-state index contributed by atoms with van der Waals surface area (Å²) in [4.78, 5) is 11.2. The van der Waals surface area contributed by atoms with Crippen LogP contribution in [0, 0.1) is 6.92 Å². The number of aromatic nitrogens is 2. The van der Waals surface area contributed by atoms with Crippen LogP contribution in [-0.2, 0) is 7.05 Å². The molecule has 18 heavy (non-hydrogen) atoms. The summed E-state index contributed by atoms with van der Waals surface area (Å²) >= 11 is 3.32. The second kappa shape index (κ2) is 4.81. The fourth-order valence-electron chi connectivity index (χ4n) is 1.61. The zero-order valence-electron chi connectivity index (χ0n) is 9.85. The first-order valence-corrected chi connectivity index (χ1v) is 5.98. The maximum atomic E-state index is 11.2. The van der Waals surface area contributed by atoms with E-state index < -0.39 is 5.97 Å². The SMILES string of the molecule is Cc1nn(C)c(Oc2ccc(Br)cc2)c1C(=O)O. The molecular formula is C12H11BrN2O3. The van der Waals surface area contributed by atoms with Gasteiger partial charge in [-0.15, -0.1) is 0 Å². The number of carbonyl (C=O) groups is 1. The van der Waals surface area contributed by atoms with Gasteiger partial charge < -0.3 is 9.84 Å². The first kappa shape index (κ1) is 12.6. The van der Waals surface area contributed by atoms with Crippen molar-refractivity contribution in [2.24, 2.45) is 7.05 Å². The molecule has 0 fully saturated rings. The third-order valence-corrected chi connectivity index (χ3v) is 2.94. The number of aromatic carboxylic acids is 1. The molecule has 6 heteroatoms. The van der Waals surface area contributed by atoms with E-state index in [1.165, 1.54) is 4.68 Å². The van der Waals surface area contributed by atoms with Gasteiger partial charge in [-0.1, -0.05) is 15.9 Å². The molecule has 1 N–H and O–H groups in total. The number of aryl methyl sites for hydroxylation is 2. The van der Waals surface area contributed by atoms with Crippen molar-refractivity contribution >= 4 is 21.9 Å². The van der Waals surface area contributed by atoms with Crippen LogP contribution in [0.25, 0.3) is 0 Å². The molecule has 0 unspecified atom stereocenters. The summed E-state index contributed by atoms with van der Waals surface area (Å²) in [7, 11) is 1.65. The van der Waals surface area contributed by atoms with Crippen molar-refractivity contribution in [3.8, 4) is 11.6 Å². The third kappa shape index (κ3) is 2.38. The van der Waals surface area contributed by atoms with Crippen LogP contribution in [0.4, 0.5) is 0 Å². The molecule has 0 aliphatic carbocycles. The third-order valence-electron chi connectivity index (χ3n) is 2.41. The average Bonchev–Trinajstić information content (AvgIpc) is 2.57. The van der Waals surface area contributed by atoms with Crippen molar-refractivity contribution in [2.75, 3.05) is 0 Å². The summed E-state index contributed by atoms with van der Waals surface area (Å²) in [6.45, 7) is 1.64. The smallest absolute Gasteiger partial charge is 0.343 e. The quantitative estimate of drug-likeness (QED) is 0.946. The number of nitrogens with zero attached hydrogens (tertiary/aromatic N) is 2. The van der Waals surface area contributed by atoms with Gasteiger partial charge in [0.25, 0.3) is 0 Å². The second-order valence-electron chi connectivity index (χ2n) is 3.75. The molecule has 1 heterocycles. The van der Waals surface area contributed by atoms with E-state index in [9.17, 15) is 4.79 Å². The highest BCUT2D eigenvalue weighted by Gasteiger charge is 2.21. The van der Waals surface area contributed by atoms with Gasteiger partial charge in [0.15, 0.2) is 0 Å². The Labute approximate surface area is 112 Å². The van der Waals surface area contributed by atoms with E-state index in [2.05, 4.69) is 21.0 Å². The van der Waals surface area contributed by atoms with Gasteiger partial charge >= 0.3 is 5.97 Å². The van der Waals surface area contributed by atoms with Gasteiger partial charge in [0.2, 0.25) is 5.88 Å². The molecule has 0 spiro atoms. The summed E-state index contributed by atoms with van der Waals surface area (Å²) in [6.07, 6.45) is 0. The topological polar surface area (TPSA) is 64.4 Å². The summed E-state index contributed by atoms with van der Waals surface area (Å²) in [5.41, 5.74) is 0.512. The normalized spacial score (nSPS) is 10.4. The largest absolute Gasteiger partial charge is 0.477 e. The lowest BCUT2D eigenvalue weighted by Gasteiger charge is -2.06. The molecule has 0 atom stereocenters. The lowest BCUT2D eigenvalue weighted by atomic mass is 10.2. The number of carboxylic acids is 1. The Bertz CT molecular complexity index is 590. The molecule has 0 saturated heterocycles. The van der Waals surface area contributed by atoms with E-state index in [4.69, 9.17) is 9.84 Å². The Morgan fingerprint density at radius 1 is 1.39 bits per heavy atom. The zero-order chi connectivity index (χ0) is 13.3. The van der Waals surface area contributed by atoms with Gasteiger partial charge in [-0.2, -0.15) is 5.10 Å². The highest BCUT2D eigenvalue weighted by Crippen LogP contribution is 2.27. The van der Waals surface area contributed by atoms with Gasteiger partial charge in [-0.25, -0.2) is 9.48 Å². The van der Waals surface area contributed by atoms with Crippen molar-refractivity contribution in [2.45, 2.75) is 6.92 Å². The molecular weight excluding hydrogens is 300 g/mol. The average molecular weight is 311 g/mol. The molecule has 0 amide bonds. The molecule has 0 radical (unpaired) electrons. The van der Waals surface area contributed by atoms with Crippen LogP contribution < -0.4 is 4.74 Å². The highest BCUT2D eigenvalue weighted by molar-refractivity contribution is 9.10. The van der Waals surface area contributed by atoms with Crippen LogP contribution >= 0.6 is 15.9 Å². The molecule has 0 aliphatic heterocycles. The van der Waals surface area contributed by atoms with Crippen molar-refractivity contribution in [3.63, 3.8) is 0 Å².